The molecule has 1 aliphatic carbocycles. The molecule has 0 spiro atoms. The maximum Gasteiger partial charge on any atom is 0.225 e. The Morgan fingerprint density at radius 3 is 2.38 bits per heavy atom. The van der Waals surface area contributed by atoms with Crippen LogP contribution in [-0.4, -0.2) is 43.0 Å². The van der Waals surface area contributed by atoms with Gasteiger partial charge in [-0.05, 0) is 62.8 Å². The van der Waals surface area contributed by atoms with Crippen LogP contribution in [0, 0.1) is 17.7 Å². The Hall–Kier alpha value is -2.11. The van der Waals surface area contributed by atoms with Gasteiger partial charge in [0.25, 0.3) is 0 Å². The molecule has 1 aromatic carbocycles. The molecule has 0 unspecified atom stereocenters. The highest BCUT2D eigenvalue weighted by Crippen LogP contribution is 2.32. The number of unbranched alkanes of at least 4 members (excludes halogenated alkanes) is 1. The van der Waals surface area contributed by atoms with E-state index in [0.29, 0.717) is 32.0 Å². The number of nitrogens with one attached hydrogen (secondary N) is 1. The minimum atomic E-state index is -0.275. The van der Waals surface area contributed by atoms with E-state index in [1.807, 2.05) is 4.90 Å². The van der Waals surface area contributed by atoms with E-state index in [2.05, 4.69) is 5.32 Å². The normalized spacial score (nSPS) is 17.8. The van der Waals surface area contributed by atoms with E-state index >= 15 is 0 Å². The van der Waals surface area contributed by atoms with Crippen molar-refractivity contribution in [1.82, 2.24) is 10.2 Å². The van der Waals surface area contributed by atoms with E-state index in [9.17, 15) is 14.0 Å². The molecule has 1 aromatic rings. The third-order valence-corrected chi connectivity index (χ3v) is 5.06. The predicted molar refractivity (Wildman–Crippen MR) is 96.2 cm³/mol. The van der Waals surface area contributed by atoms with E-state index < -0.39 is 0 Å². The van der Waals surface area contributed by atoms with Crippen molar-refractivity contribution in [2.24, 2.45) is 11.8 Å². The number of likely N-dealkylation sites (tertiary alicyclic amines) is 1. The SMILES string of the molecule is O=C(NCCCCOc1ccc(F)cc1)C1CCN(C(=O)C2CC2)CC1. The highest BCUT2D eigenvalue weighted by atomic mass is 19.1. The number of rotatable bonds is 8. The number of nitrogens with zero attached hydrogens (tertiary/aromatic N) is 1. The van der Waals surface area contributed by atoms with Gasteiger partial charge in [-0.2, -0.15) is 0 Å². The monoisotopic (exact) mass is 362 g/mol. The van der Waals surface area contributed by atoms with Crippen molar-refractivity contribution in [3.8, 4) is 5.75 Å². The summed E-state index contributed by atoms with van der Waals surface area (Å²) in [6.07, 6.45) is 5.25. The third kappa shape index (κ3) is 5.44. The van der Waals surface area contributed by atoms with Crippen molar-refractivity contribution < 1.29 is 18.7 Å². The topological polar surface area (TPSA) is 58.6 Å². The molecule has 2 aliphatic rings. The number of ether oxygens (including phenoxy) is 1. The van der Waals surface area contributed by atoms with Crippen molar-refractivity contribution >= 4 is 11.8 Å². The van der Waals surface area contributed by atoms with E-state index in [0.717, 1.165) is 38.5 Å². The molecule has 26 heavy (non-hydrogen) atoms. The molecular formula is C20H27FN2O3. The first-order valence-electron chi connectivity index (χ1n) is 9.58. The summed E-state index contributed by atoms with van der Waals surface area (Å²) < 4.78 is 18.3. The molecule has 1 saturated heterocycles. The number of amides is 2. The first kappa shape index (κ1) is 18.7. The molecule has 1 aliphatic heterocycles. The van der Waals surface area contributed by atoms with Gasteiger partial charge in [-0.15, -0.1) is 0 Å². The Morgan fingerprint density at radius 1 is 1.04 bits per heavy atom. The molecule has 142 valence electrons. The fraction of sp³-hybridized carbons (Fsp3) is 0.600. The lowest BCUT2D eigenvalue weighted by atomic mass is 9.95. The fourth-order valence-electron chi connectivity index (χ4n) is 3.25. The van der Waals surface area contributed by atoms with Crippen molar-refractivity contribution in [2.45, 2.75) is 38.5 Å². The minimum Gasteiger partial charge on any atom is -0.494 e. The largest absolute Gasteiger partial charge is 0.494 e. The summed E-state index contributed by atoms with van der Waals surface area (Å²) in [5.74, 6) is 1.05. The first-order chi connectivity index (χ1) is 12.6. The number of carbonyl (C=O) groups is 2. The number of hydrogen-bond acceptors (Lipinski definition) is 3. The average molecular weight is 362 g/mol. The number of benzene rings is 1. The molecular weight excluding hydrogens is 335 g/mol. The molecule has 2 fully saturated rings. The highest BCUT2D eigenvalue weighted by molar-refractivity contribution is 5.82. The zero-order valence-corrected chi connectivity index (χ0v) is 15.1. The van der Waals surface area contributed by atoms with Gasteiger partial charge in [0, 0.05) is 31.5 Å². The van der Waals surface area contributed by atoms with Gasteiger partial charge in [0.15, 0.2) is 0 Å². The summed E-state index contributed by atoms with van der Waals surface area (Å²) in [5.41, 5.74) is 0. The molecule has 0 radical (unpaired) electrons. The van der Waals surface area contributed by atoms with Crippen molar-refractivity contribution in [2.75, 3.05) is 26.2 Å². The molecule has 5 nitrogen and oxygen atoms in total. The summed E-state index contributed by atoms with van der Waals surface area (Å²) in [6, 6.07) is 5.97. The lowest BCUT2D eigenvalue weighted by Gasteiger charge is -2.31. The standard InChI is InChI=1S/C20H27FN2O3/c21-17-5-7-18(8-6-17)26-14-2-1-11-22-19(24)15-9-12-23(13-10-15)20(25)16-3-4-16/h5-8,15-16H,1-4,9-14H2,(H,22,24). The summed E-state index contributed by atoms with van der Waals surface area (Å²) in [7, 11) is 0. The maximum absolute atomic E-state index is 12.8. The summed E-state index contributed by atoms with van der Waals surface area (Å²) >= 11 is 0. The van der Waals surface area contributed by atoms with Crippen LogP contribution >= 0.6 is 0 Å². The molecule has 2 amide bonds. The first-order valence-corrected chi connectivity index (χ1v) is 9.58. The van der Waals surface area contributed by atoms with Crippen molar-refractivity contribution in [1.29, 1.82) is 0 Å². The molecule has 6 heteroatoms. The minimum absolute atomic E-state index is 0.0220. The quantitative estimate of drug-likeness (QED) is 0.724. The summed E-state index contributed by atoms with van der Waals surface area (Å²) in [4.78, 5) is 26.2. The van der Waals surface area contributed by atoms with Crippen LogP contribution in [-0.2, 0) is 9.59 Å². The van der Waals surface area contributed by atoms with Crippen LogP contribution in [0.2, 0.25) is 0 Å². The van der Waals surface area contributed by atoms with Crippen molar-refractivity contribution in [3.05, 3.63) is 30.1 Å². The maximum atomic E-state index is 12.8. The second-order valence-corrected chi connectivity index (χ2v) is 7.17. The molecule has 1 saturated carbocycles. The van der Waals surface area contributed by atoms with Gasteiger partial charge in [0.05, 0.1) is 6.61 Å². The molecule has 1 heterocycles. The van der Waals surface area contributed by atoms with Gasteiger partial charge in [0.1, 0.15) is 11.6 Å². The fourth-order valence-corrected chi connectivity index (χ4v) is 3.25. The van der Waals surface area contributed by atoms with E-state index in [1.54, 1.807) is 12.1 Å². The van der Waals surface area contributed by atoms with Crippen LogP contribution in [0.5, 0.6) is 5.75 Å². The van der Waals surface area contributed by atoms with Crippen molar-refractivity contribution in [3.63, 3.8) is 0 Å². The Bertz CT molecular complexity index is 608. The van der Waals surface area contributed by atoms with Gasteiger partial charge in [0.2, 0.25) is 11.8 Å². The van der Waals surface area contributed by atoms with Gasteiger partial charge in [-0.25, -0.2) is 4.39 Å². The lowest BCUT2D eigenvalue weighted by Crippen LogP contribution is -2.43. The number of piperidine rings is 1. The van der Waals surface area contributed by atoms with E-state index in [4.69, 9.17) is 4.74 Å². The Balaban J connectivity index is 1.24. The molecule has 0 atom stereocenters. The molecule has 0 aromatic heterocycles. The number of halogens is 1. The van der Waals surface area contributed by atoms with Gasteiger partial charge in [-0.3, -0.25) is 9.59 Å². The zero-order valence-electron chi connectivity index (χ0n) is 15.1. The second kappa shape index (κ2) is 9.01. The average Bonchev–Trinajstić information content (AvgIpc) is 3.50. The molecule has 3 rings (SSSR count). The molecule has 0 bridgehead atoms. The zero-order chi connectivity index (χ0) is 18.4. The predicted octanol–water partition coefficient (Wildman–Crippen LogP) is 2.75. The van der Waals surface area contributed by atoms with Gasteiger partial charge < -0.3 is 15.0 Å². The van der Waals surface area contributed by atoms with Crippen LogP contribution in [0.3, 0.4) is 0 Å². The van der Waals surface area contributed by atoms with E-state index in [-0.39, 0.29) is 29.5 Å². The Labute approximate surface area is 153 Å². The summed E-state index contributed by atoms with van der Waals surface area (Å²) in [5, 5.41) is 2.99. The number of carbonyl (C=O) groups excluding carboxylic acids is 2. The van der Waals surface area contributed by atoms with Gasteiger partial charge >= 0.3 is 0 Å². The van der Waals surface area contributed by atoms with Crippen LogP contribution in [0.15, 0.2) is 24.3 Å². The summed E-state index contributed by atoms with van der Waals surface area (Å²) in [6.45, 7) is 2.59. The van der Waals surface area contributed by atoms with E-state index in [1.165, 1.54) is 12.1 Å². The second-order valence-electron chi connectivity index (χ2n) is 7.17. The van der Waals surface area contributed by atoms with Crippen LogP contribution < -0.4 is 10.1 Å². The van der Waals surface area contributed by atoms with Crippen LogP contribution in [0.4, 0.5) is 4.39 Å². The molecule has 1 N–H and O–H groups in total. The van der Waals surface area contributed by atoms with Gasteiger partial charge in [-0.1, -0.05) is 0 Å². The van der Waals surface area contributed by atoms with Crippen LogP contribution in [0.1, 0.15) is 38.5 Å². The Kier molecular flexibility index (Phi) is 6.47. The lowest BCUT2D eigenvalue weighted by molar-refractivity contribution is -0.136. The third-order valence-electron chi connectivity index (χ3n) is 5.06. The number of hydrogen-bond donors (Lipinski definition) is 1. The van der Waals surface area contributed by atoms with Crippen LogP contribution in [0.25, 0.3) is 0 Å². The highest BCUT2D eigenvalue weighted by Gasteiger charge is 2.35. The smallest absolute Gasteiger partial charge is 0.225 e. The Morgan fingerprint density at radius 2 is 1.73 bits per heavy atom.